The molecule has 21 heavy (non-hydrogen) atoms. The number of nitrogens with one attached hydrogen (secondary N) is 1. The maximum absolute atomic E-state index is 5.66. The van der Waals surface area contributed by atoms with E-state index in [2.05, 4.69) is 48.9 Å². The Morgan fingerprint density at radius 2 is 1.81 bits per heavy atom. The quantitative estimate of drug-likeness (QED) is 0.874. The van der Waals surface area contributed by atoms with Gasteiger partial charge in [0.05, 0.1) is 12.8 Å². The van der Waals surface area contributed by atoms with Crippen LogP contribution in [-0.4, -0.2) is 48.1 Å². The average Bonchev–Trinajstić information content (AvgIpc) is 2.86. The van der Waals surface area contributed by atoms with Crippen molar-refractivity contribution in [1.29, 1.82) is 0 Å². The van der Waals surface area contributed by atoms with Crippen molar-refractivity contribution < 1.29 is 4.42 Å². The van der Waals surface area contributed by atoms with E-state index in [1.165, 1.54) is 31.6 Å². The highest BCUT2D eigenvalue weighted by molar-refractivity contribution is 5.17. The standard InChI is InChI=1S/C17H31N3O/c1-5-7-19-8-10-20(11-9-19)14-15-6-12-21-16(15)13-18-17(2,3)4/h6,12,18H,5,7-11,13-14H2,1-4H3. The third kappa shape index (κ3) is 5.46. The summed E-state index contributed by atoms with van der Waals surface area (Å²) in [6.45, 7) is 16.6. The van der Waals surface area contributed by atoms with Crippen molar-refractivity contribution in [3.63, 3.8) is 0 Å². The highest BCUT2D eigenvalue weighted by Crippen LogP contribution is 2.16. The van der Waals surface area contributed by atoms with Gasteiger partial charge < -0.3 is 14.6 Å². The minimum atomic E-state index is 0.121. The molecule has 120 valence electrons. The Labute approximate surface area is 129 Å². The van der Waals surface area contributed by atoms with E-state index in [4.69, 9.17) is 4.42 Å². The summed E-state index contributed by atoms with van der Waals surface area (Å²) in [5.41, 5.74) is 1.45. The van der Waals surface area contributed by atoms with Crippen LogP contribution >= 0.6 is 0 Å². The van der Waals surface area contributed by atoms with Gasteiger partial charge in [0.15, 0.2) is 0 Å². The summed E-state index contributed by atoms with van der Waals surface area (Å²) >= 11 is 0. The Morgan fingerprint density at radius 1 is 1.14 bits per heavy atom. The first-order valence-corrected chi connectivity index (χ1v) is 8.23. The number of furan rings is 1. The zero-order valence-corrected chi connectivity index (χ0v) is 14.1. The van der Waals surface area contributed by atoms with Crippen LogP contribution in [-0.2, 0) is 13.1 Å². The fourth-order valence-corrected chi connectivity index (χ4v) is 2.74. The number of nitrogens with zero attached hydrogens (tertiary/aromatic N) is 2. The van der Waals surface area contributed by atoms with Crippen LogP contribution in [0.15, 0.2) is 16.7 Å². The Balaban J connectivity index is 1.83. The van der Waals surface area contributed by atoms with Gasteiger partial charge in [-0.3, -0.25) is 4.90 Å². The van der Waals surface area contributed by atoms with Crippen molar-refractivity contribution in [2.24, 2.45) is 0 Å². The lowest BCUT2D eigenvalue weighted by atomic mass is 10.1. The van der Waals surface area contributed by atoms with Crippen molar-refractivity contribution >= 4 is 0 Å². The molecule has 0 amide bonds. The fourth-order valence-electron chi connectivity index (χ4n) is 2.74. The smallest absolute Gasteiger partial charge is 0.122 e. The Bertz CT molecular complexity index is 414. The molecule has 1 fully saturated rings. The van der Waals surface area contributed by atoms with Gasteiger partial charge in [-0.1, -0.05) is 6.92 Å². The number of hydrogen-bond donors (Lipinski definition) is 1. The first kappa shape index (κ1) is 16.5. The van der Waals surface area contributed by atoms with Crippen LogP contribution in [0.4, 0.5) is 0 Å². The first-order valence-electron chi connectivity index (χ1n) is 8.23. The largest absolute Gasteiger partial charge is 0.468 e. The van der Waals surface area contributed by atoms with Gasteiger partial charge in [-0.2, -0.15) is 0 Å². The SMILES string of the molecule is CCCN1CCN(Cc2ccoc2CNC(C)(C)C)CC1. The molecule has 1 N–H and O–H groups in total. The molecule has 0 atom stereocenters. The zero-order valence-electron chi connectivity index (χ0n) is 14.1. The summed E-state index contributed by atoms with van der Waals surface area (Å²) in [7, 11) is 0. The highest BCUT2D eigenvalue weighted by atomic mass is 16.3. The second kappa shape index (κ2) is 7.43. The molecule has 0 radical (unpaired) electrons. The number of hydrogen-bond acceptors (Lipinski definition) is 4. The van der Waals surface area contributed by atoms with Gasteiger partial charge in [0.25, 0.3) is 0 Å². The van der Waals surface area contributed by atoms with Crippen LogP contribution in [0, 0.1) is 0 Å². The molecule has 0 bridgehead atoms. The molecule has 0 unspecified atom stereocenters. The van der Waals surface area contributed by atoms with Gasteiger partial charge in [0, 0.05) is 43.8 Å². The zero-order chi connectivity index (χ0) is 15.3. The topological polar surface area (TPSA) is 31.6 Å². The van der Waals surface area contributed by atoms with Gasteiger partial charge >= 0.3 is 0 Å². The molecule has 4 heteroatoms. The number of rotatable bonds is 6. The Hall–Kier alpha value is -0.840. The Morgan fingerprint density at radius 3 is 2.43 bits per heavy atom. The molecule has 0 aliphatic carbocycles. The Kier molecular flexibility index (Phi) is 5.85. The van der Waals surface area contributed by atoms with Crippen molar-refractivity contribution in [3.8, 4) is 0 Å². The maximum atomic E-state index is 5.66. The molecular formula is C17H31N3O. The van der Waals surface area contributed by atoms with E-state index < -0.39 is 0 Å². The lowest BCUT2D eigenvalue weighted by Gasteiger charge is -2.34. The maximum Gasteiger partial charge on any atom is 0.122 e. The van der Waals surface area contributed by atoms with Gasteiger partial charge in [0.2, 0.25) is 0 Å². The minimum Gasteiger partial charge on any atom is -0.468 e. The predicted molar refractivity (Wildman–Crippen MR) is 87.3 cm³/mol. The van der Waals surface area contributed by atoms with Crippen molar-refractivity contribution in [1.82, 2.24) is 15.1 Å². The van der Waals surface area contributed by atoms with Crippen LogP contribution in [0.1, 0.15) is 45.4 Å². The monoisotopic (exact) mass is 293 g/mol. The van der Waals surface area contributed by atoms with Crippen LogP contribution in [0.25, 0.3) is 0 Å². The molecule has 1 aromatic heterocycles. The average molecular weight is 293 g/mol. The van der Waals surface area contributed by atoms with E-state index >= 15 is 0 Å². The predicted octanol–water partition coefficient (Wildman–Crippen LogP) is 2.70. The second-order valence-corrected chi connectivity index (χ2v) is 7.09. The summed E-state index contributed by atoms with van der Waals surface area (Å²) in [4.78, 5) is 5.10. The van der Waals surface area contributed by atoms with Gasteiger partial charge in [0.1, 0.15) is 5.76 Å². The van der Waals surface area contributed by atoms with E-state index in [0.717, 1.165) is 31.9 Å². The van der Waals surface area contributed by atoms with Crippen molar-refractivity contribution in [3.05, 3.63) is 23.7 Å². The normalized spacial score (nSPS) is 18.3. The lowest BCUT2D eigenvalue weighted by molar-refractivity contribution is 0.126. The van der Waals surface area contributed by atoms with E-state index in [-0.39, 0.29) is 5.54 Å². The van der Waals surface area contributed by atoms with Crippen LogP contribution in [0.5, 0.6) is 0 Å². The summed E-state index contributed by atoms with van der Waals surface area (Å²) < 4.78 is 5.66. The van der Waals surface area contributed by atoms with Crippen molar-refractivity contribution in [2.45, 2.75) is 52.7 Å². The molecule has 0 spiro atoms. The molecule has 0 saturated carbocycles. The first-order chi connectivity index (χ1) is 9.98. The molecule has 2 rings (SSSR count). The molecule has 1 saturated heterocycles. The van der Waals surface area contributed by atoms with E-state index in [0.29, 0.717) is 0 Å². The number of piperazine rings is 1. The van der Waals surface area contributed by atoms with Crippen LogP contribution in [0.3, 0.4) is 0 Å². The molecular weight excluding hydrogens is 262 g/mol. The molecule has 0 aromatic carbocycles. The minimum absolute atomic E-state index is 0.121. The lowest BCUT2D eigenvalue weighted by Crippen LogP contribution is -2.46. The molecule has 1 aliphatic rings. The third-order valence-corrected chi connectivity index (χ3v) is 4.02. The molecule has 1 aromatic rings. The van der Waals surface area contributed by atoms with E-state index in [1.807, 2.05) is 6.26 Å². The van der Waals surface area contributed by atoms with E-state index in [1.54, 1.807) is 0 Å². The summed E-state index contributed by atoms with van der Waals surface area (Å²) in [5, 5.41) is 3.51. The van der Waals surface area contributed by atoms with Crippen LogP contribution in [0.2, 0.25) is 0 Å². The molecule has 2 heterocycles. The van der Waals surface area contributed by atoms with E-state index in [9.17, 15) is 0 Å². The molecule has 1 aliphatic heterocycles. The van der Waals surface area contributed by atoms with Gasteiger partial charge in [-0.05, 0) is 39.8 Å². The van der Waals surface area contributed by atoms with Gasteiger partial charge in [-0.25, -0.2) is 0 Å². The summed E-state index contributed by atoms with van der Waals surface area (Å²) in [5.74, 6) is 1.08. The van der Waals surface area contributed by atoms with Crippen molar-refractivity contribution in [2.75, 3.05) is 32.7 Å². The molecule has 4 nitrogen and oxygen atoms in total. The second-order valence-electron chi connectivity index (χ2n) is 7.09. The third-order valence-electron chi connectivity index (χ3n) is 4.02. The highest BCUT2D eigenvalue weighted by Gasteiger charge is 2.19. The van der Waals surface area contributed by atoms with Gasteiger partial charge in [-0.15, -0.1) is 0 Å². The fraction of sp³-hybridized carbons (Fsp3) is 0.765. The summed E-state index contributed by atoms with van der Waals surface area (Å²) in [6, 6.07) is 2.12. The summed E-state index contributed by atoms with van der Waals surface area (Å²) in [6.07, 6.45) is 3.08. The van der Waals surface area contributed by atoms with Crippen LogP contribution < -0.4 is 5.32 Å².